The fraction of sp³-hybridized carbons (Fsp3) is 0.200. The molecular weight excluding hydrogens is 413 g/mol. The van der Waals surface area contributed by atoms with E-state index in [1.807, 2.05) is 18.2 Å². The minimum atomic E-state index is -4.59. The lowest BCUT2D eigenvalue weighted by Crippen LogP contribution is -2.31. The molecule has 4 nitrogen and oxygen atoms in total. The fourth-order valence-electron chi connectivity index (χ4n) is 5.23. The van der Waals surface area contributed by atoms with Crippen LogP contribution in [0.4, 0.5) is 19.0 Å². The van der Waals surface area contributed by atoms with E-state index in [-0.39, 0.29) is 34.0 Å². The van der Waals surface area contributed by atoms with E-state index in [1.165, 1.54) is 5.56 Å². The maximum absolute atomic E-state index is 14.3. The van der Waals surface area contributed by atoms with Crippen LogP contribution in [-0.2, 0) is 12.6 Å². The smallest absolute Gasteiger partial charge is 0.369 e. The normalized spacial score (nSPS) is 19.1. The molecule has 1 aliphatic heterocycles. The number of fused-ring (bicyclic) bond motifs is 7. The predicted molar refractivity (Wildman–Crippen MR) is 115 cm³/mol. The Bertz CT molecular complexity index is 1410. The topological polar surface area (TPSA) is 53.6 Å². The number of nitriles is 1. The van der Waals surface area contributed by atoms with Gasteiger partial charge in [0, 0.05) is 18.0 Å². The molecule has 0 spiro atoms. The summed E-state index contributed by atoms with van der Waals surface area (Å²) >= 11 is 0. The molecule has 0 radical (unpaired) electrons. The zero-order valence-corrected chi connectivity index (χ0v) is 16.8. The molecule has 2 heterocycles. The summed E-state index contributed by atoms with van der Waals surface area (Å²) in [6, 6.07) is 19.8. The van der Waals surface area contributed by atoms with Crippen molar-refractivity contribution in [1.29, 1.82) is 5.26 Å². The van der Waals surface area contributed by atoms with E-state index >= 15 is 0 Å². The second-order valence-corrected chi connectivity index (χ2v) is 8.33. The average molecular weight is 430 g/mol. The van der Waals surface area contributed by atoms with Gasteiger partial charge in [-0.1, -0.05) is 54.6 Å². The van der Waals surface area contributed by atoms with E-state index in [1.54, 1.807) is 35.0 Å². The number of halogens is 3. The van der Waals surface area contributed by atoms with Gasteiger partial charge in [-0.05, 0) is 29.2 Å². The van der Waals surface area contributed by atoms with Crippen molar-refractivity contribution in [2.45, 2.75) is 18.6 Å². The molecule has 1 aromatic heterocycles. The zero-order chi connectivity index (χ0) is 22.0. The van der Waals surface area contributed by atoms with Crippen LogP contribution in [0.1, 0.15) is 28.3 Å². The third-order valence-corrected chi connectivity index (χ3v) is 6.57. The van der Waals surface area contributed by atoms with Gasteiger partial charge in [-0.15, -0.1) is 0 Å². The Morgan fingerprint density at radius 1 is 1.06 bits per heavy atom. The predicted octanol–water partition coefficient (Wildman–Crippen LogP) is 5.78. The maximum Gasteiger partial charge on any atom is 0.417 e. The van der Waals surface area contributed by atoms with Gasteiger partial charge in [0.2, 0.25) is 0 Å². The van der Waals surface area contributed by atoms with E-state index in [4.69, 9.17) is 0 Å². The molecule has 1 N–H and O–H groups in total. The van der Waals surface area contributed by atoms with E-state index in [2.05, 4.69) is 22.6 Å². The number of hydrogen-bond acceptors (Lipinski definition) is 3. The third-order valence-electron chi connectivity index (χ3n) is 6.57. The van der Waals surface area contributed by atoms with Gasteiger partial charge < -0.3 is 5.32 Å². The standard InChI is InChI=1S/C25H17F3N4/c26-25(27,28)20-11-18(14-6-2-1-3-7-14)19(12-29)22-21(20)24-30-13-16-10-15-8-4-5-9-17(15)23(16)32(24)31-22/h1-9,11,16,23,30H,10,13H2/t16-,23+/m0/s1. The molecule has 4 aromatic rings. The number of rotatable bonds is 1. The van der Waals surface area contributed by atoms with E-state index in [0.717, 1.165) is 18.1 Å². The van der Waals surface area contributed by atoms with Gasteiger partial charge in [0.1, 0.15) is 17.4 Å². The summed E-state index contributed by atoms with van der Waals surface area (Å²) < 4.78 is 44.4. The van der Waals surface area contributed by atoms with Gasteiger partial charge in [0.25, 0.3) is 0 Å². The van der Waals surface area contributed by atoms with E-state index < -0.39 is 11.7 Å². The van der Waals surface area contributed by atoms with Gasteiger partial charge in [-0.25, -0.2) is 4.68 Å². The molecule has 0 bridgehead atoms. The Balaban J connectivity index is 1.69. The summed E-state index contributed by atoms with van der Waals surface area (Å²) in [7, 11) is 0. The second-order valence-electron chi connectivity index (χ2n) is 8.33. The molecule has 3 aromatic carbocycles. The Kier molecular flexibility index (Phi) is 3.91. The Morgan fingerprint density at radius 3 is 2.56 bits per heavy atom. The molecule has 2 atom stereocenters. The summed E-state index contributed by atoms with van der Waals surface area (Å²) in [6.45, 7) is 0.555. The molecule has 0 amide bonds. The molecule has 0 fully saturated rings. The highest BCUT2D eigenvalue weighted by atomic mass is 19.4. The first-order valence-corrected chi connectivity index (χ1v) is 10.4. The molecule has 1 aliphatic carbocycles. The summed E-state index contributed by atoms with van der Waals surface area (Å²) in [5, 5.41) is 17.8. The second kappa shape index (κ2) is 6.60. The van der Waals surface area contributed by atoms with E-state index in [9.17, 15) is 18.4 Å². The Hall–Kier alpha value is -3.79. The van der Waals surface area contributed by atoms with Crippen LogP contribution >= 0.6 is 0 Å². The molecule has 2 aliphatic rings. The number of hydrogen-bond donors (Lipinski definition) is 1. The number of alkyl halides is 3. The molecule has 0 unspecified atom stereocenters. The number of nitrogens with one attached hydrogen (secondary N) is 1. The summed E-state index contributed by atoms with van der Waals surface area (Å²) in [4.78, 5) is 0. The molecule has 158 valence electrons. The highest BCUT2D eigenvalue weighted by Gasteiger charge is 2.42. The lowest BCUT2D eigenvalue weighted by Gasteiger charge is -2.29. The van der Waals surface area contributed by atoms with Gasteiger partial charge in [0.05, 0.1) is 22.6 Å². The van der Waals surface area contributed by atoms with Gasteiger partial charge >= 0.3 is 6.18 Å². The largest absolute Gasteiger partial charge is 0.417 e. The monoisotopic (exact) mass is 430 g/mol. The molecular formula is C25H17F3N4. The molecule has 7 heteroatoms. The van der Waals surface area contributed by atoms with Crippen molar-refractivity contribution in [2.75, 3.05) is 11.9 Å². The van der Waals surface area contributed by atoms with Gasteiger partial charge in [-0.3, -0.25) is 0 Å². The van der Waals surface area contributed by atoms with Crippen LogP contribution in [0.15, 0.2) is 60.7 Å². The summed E-state index contributed by atoms with van der Waals surface area (Å²) in [6.07, 6.45) is -3.75. The minimum Gasteiger partial charge on any atom is -0.369 e. The third kappa shape index (κ3) is 2.59. The Labute approximate surface area is 181 Å². The first-order chi connectivity index (χ1) is 15.5. The lowest BCUT2D eigenvalue weighted by molar-refractivity contribution is -0.136. The van der Waals surface area contributed by atoms with Crippen molar-refractivity contribution in [1.82, 2.24) is 9.78 Å². The van der Waals surface area contributed by atoms with Crippen molar-refractivity contribution in [3.05, 3.63) is 82.9 Å². The van der Waals surface area contributed by atoms with Crippen molar-refractivity contribution in [2.24, 2.45) is 5.92 Å². The number of benzene rings is 3. The van der Waals surface area contributed by atoms with Crippen LogP contribution in [0.2, 0.25) is 0 Å². The maximum atomic E-state index is 14.3. The van der Waals surface area contributed by atoms with Crippen LogP contribution in [0, 0.1) is 17.2 Å². The van der Waals surface area contributed by atoms with Gasteiger partial charge in [-0.2, -0.15) is 23.5 Å². The first-order valence-electron chi connectivity index (χ1n) is 10.4. The van der Waals surface area contributed by atoms with Crippen molar-refractivity contribution >= 4 is 16.7 Å². The van der Waals surface area contributed by atoms with E-state index in [0.29, 0.717) is 17.9 Å². The highest BCUT2D eigenvalue weighted by Crippen LogP contribution is 2.48. The summed E-state index contributed by atoms with van der Waals surface area (Å²) in [5.74, 6) is 0.532. The number of aromatic nitrogens is 2. The van der Waals surface area contributed by atoms with Gasteiger partial charge in [0.15, 0.2) is 0 Å². The van der Waals surface area contributed by atoms with Crippen LogP contribution in [0.3, 0.4) is 0 Å². The van der Waals surface area contributed by atoms with Crippen molar-refractivity contribution < 1.29 is 13.2 Å². The minimum absolute atomic E-state index is 0.0310. The summed E-state index contributed by atoms with van der Waals surface area (Å²) in [5.41, 5.74) is 2.55. The highest BCUT2D eigenvalue weighted by molar-refractivity contribution is 6.01. The lowest BCUT2D eigenvalue weighted by atomic mass is 9.93. The molecule has 0 saturated carbocycles. The van der Waals surface area contributed by atoms with Crippen LogP contribution in [0.25, 0.3) is 22.0 Å². The molecule has 6 rings (SSSR count). The zero-order valence-electron chi connectivity index (χ0n) is 16.8. The first kappa shape index (κ1) is 18.9. The quantitative estimate of drug-likeness (QED) is 0.416. The molecule has 32 heavy (non-hydrogen) atoms. The van der Waals surface area contributed by atoms with Crippen LogP contribution in [0.5, 0.6) is 0 Å². The van der Waals surface area contributed by atoms with Crippen molar-refractivity contribution in [3.63, 3.8) is 0 Å². The SMILES string of the molecule is N#Cc1c(-c2ccccc2)cc(C(F)(F)F)c2c3n(nc12)[C@H]1c2ccccc2C[C@H]1CN3. The van der Waals surface area contributed by atoms with Crippen LogP contribution < -0.4 is 5.32 Å². The van der Waals surface area contributed by atoms with Crippen molar-refractivity contribution in [3.8, 4) is 17.2 Å². The van der Waals surface area contributed by atoms with Crippen LogP contribution in [-0.4, -0.2) is 16.3 Å². The number of anilines is 1. The average Bonchev–Trinajstić information content (AvgIpc) is 3.36. The number of nitrogens with zero attached hydrogens (tertiary/aromatic N) is 3. The molecule has 0 saturated heterocycles. The Morgan fingerprint density at radius 2 is 1.81 bits per heavy atom. The fourth-order valence-corrected chi connectivity index (χ4v) is 5.23.